The van der Waals surface area contributed by atoms with Crippen LogP contribution in [0.3, 0.4) is 0 Å². The predicted octanol–water partition coefficient (Wildman–Crippen LogP) is 4.18. The highest BCUT2D eigenvalue weighted by Gasteiger charge is 2.48. The fourth-order valence-corrected chi connectivity index (χ4v) is 5.56. The summed E-state index contributed by atoms with van der Waals surface area (Å²) in [5.41, 5.74) is -5.18. The number of hydrogen-bond acceptors (Lipinski definition) is 5. The van der Waals surface area contributed by atoms with Crippen LogP contribution in [0.2, 0.25) is 0 Å². The molecule has 1 saturated carbocycles. The summed E-state index contributed by atoms with van der Waals surface area (Å²) in [6.07, 6.45) is 0.351. The van der Waals surface area contributed by atoms with Gasteiger partial charge in [-0.2, -0.15) is 21.6 Å². The number of carbonyl (C=O) groups is 2. The SMILES string of the molecule is O=C(OC1CCCC(C(=O)NS(=O)(=O)C(F)(F)F)C1)c1c(I)ccc(I)c1I. The van der Waals surface area contributed by atoms with E-state index in [4.69, 9.17) is 4.74 Å². The van der Waals surface area contributed by atoms with E-state index in [1.807, 2.05) is 51.2 Å². The molecule has 0 aromatic heterocycles. The molecule has 2 atom stereocenters. The van der Waals surface area contributed by atoms with Gasteiger partial charge in [0.1, 0.15) is 6.10 Å². The van der Waals surface area contributed by atoms with E-state index in [1.165, 1.54) is 0 Å². The number of amides is 1. The molecular formula is C15H13F3I3NO5S. The van der Waals surface area contributed by atoms with Gasteiger partial charge in [0.15, 0.2) is 0 Å². The first-order valence-electron chi connectivity index (χ1n) is 7.81. The van der Waals surface area contributed by atoms with Crippen molar-refractivity contribution in [3.05, 3.63) is 28.4 Å². The van der Waals surface area contributed by atoms with Crippen molar-refractivity contribution in [1.82, 2.24) is 4.72 Å². The minimum absolute atomic E-state index is 0.0396. The number of nitrogens with one attached hydrogen (secondary N) is 1. The van der Waals surface area contributed by atoms with Crippen LogP contribution in [0.5, 0.6) is 0 Å². The summed E-state index contributed by atoms with van der Waals surface area (Å²) in [5, 5.41) is 0. The van der Waals surface area contributed by atoms with Gasteiger partial charge in [-0.25, -0.2) is 9.52 Å². The molecule has 0 heterocycles. The van der Waals surface area contributed by atoms with E-state index >= 15 is 0 Å². The largest absolute Gasteiger partial charge is 0.516 e. The van der Waals surface area contributed by atoms with Crippen molar-refractivity contribution in [3.8, 4) is 0 Å². The van der Waals surface area contributed by atoms with Gasteiger partial charge in [-0.3, -0.25) is 4.79 Å². The average Bonchev–Trinajstić information content (AvgIpc) is 2.57. The highest BCUT2D eigenvalue weighted by atomic mass is 127. The van der Waals surface area contributed by atoms with Crippen LogP contribution in [0.4, 0.5) is 13.2 Å². The number of hydrogen-bond donors (Lipinski definition) is 1. The van der Waals surface area contributed by atoms with Crippen molar-refractivity contribution in [3.63, 3.8) is 0 Å². The van der Waals surface area contributed by atoms with Gasteiger partial charge < -0.3 is 4.74 Å². The van der Waals surface area contributed by atoms with E-state index in [2.05, 4.69) is 22.6 Å². The van der Waals surface area contributed by atoms with E-state index in [-0.39, 0.29) is 12.8 Å². The number of halogens is 6. The standard InChI is InChI=1S/C15H13F3I3NO5S/c16-15(17,18)28(25,26)22-13(23)7-2-1-3-8(6-7)27-14(24)11-9(19)4-5-10(20)12(11)21/h4-5,7-8H,1-3,6H2,(H,22,23). The topological polar surface area (TPSA) is 89.5 Å². The fraction of sp³-hybridized carbons (Fsp3) is 0.467. The molecule has 0 aliphatic heterocycles. The van der Waals surface area contributed by atoms with E-state index in [0.29, 0.717) is 22.0 Å². The number of carbonyl (C=O) groups excluding carboxylic acids is 2. The highest BCUT2D eigenvalue weighted by Crippen LogP contribution is 2.31. The number of rotatable bonds is 4. The Labute approximate surface area is 200 Å². The van der Waals surface area contributed by atoms with Crippen molar-refractivity contribution < 1.29 is 35.9 Å². The summed E-state index contributed by atoms with van der Waals surface area (Å²) in [6, 6.07) is 3.61. The Bertz CT molecular complexity index is 892. The van der Waals surface area contributed by atoms with Gasteiger partial charge in [0.2, 0.25) is 5.91 Å². The molecule has 0 saturated heterocycles. The average molecular weight is 757 g/mol. The molecule has 13 heteroatoms. The van der Waals surface area contributed by atoms with Gasteiger partial charge in [0, 0.05) is 16.6 Å². The minimum Gasteiger partial charge on any atom is -0.459 e. The third-order valence-electron chi connectivity index (χ3n) is 4.06. The van der Waals surface area contributed by atoms with Crippen molar-refractivity contribution >= 4 is 89.7 Å². The van der Waals surface area contributed by atoms with Gasteiger partial charge in [-0.1, -0.05) is 0 Å². The normalized spacial score (nSPS) is 20.5. The lowest BCUT2D eigenvalue weighted by atomic mass is 9.87. The first-order chi connectivity index (χ1) is 12.8. The molecule has 1 aliphatic rings. The van der Waals surface area contributed by atoms with Crippen LogP contribution in [0, 0.1) is 16.6 Å². The van der Waals surface area contributed by atoms with E-state index in [9.17, 15) is 31.2 Å². The summed E-state index contributed by atoms with van der Waals surface area (Å²) < 4.78 is 68.3. The van der Waals surface area contributed by atoms with Crippen LogP contribution in [-0.4, -0.2) is 31.9 Å². The van der Waals surface area contributed by atoms with Crippen molar-refractivity contribution in [2.24, 2.45) is 5.92 Å². The monoisotopic (exact) mass is 757 g/mol. The summed E-state index contributed by atoms with van der Waals surface area (Å²) in [5.74, 6) is -2.81. The summed E-state index contributed by atoms with van der Waals surface area (Å²) >= 11 is 6.11. The Morgan fingerprint density at radius 1 is 1.11 bits per heavy atom. The lowest BCUT2D eigenvalue weighted by Crippen LogP contribution is -2.44. The molecular weight excluding hydrogens is 744 g/mol. The number of esters is 1. The lowest BCUT2D eigenvalue weighted by Gasteiger charge is -2.28. The zero-order chi connectivity index (χ0) is 21.3. The molecule has 28 heavy (non-hydrogen) atoms. The van der Waals surface area contributed by atoms with Gasteiger partial charge in [-0.15, -0.1) is 0 Å². The van der Waals surface area contributed by atoms with Crippen LogP contribution in [0.15, 0.2) is 12.1 Å². The number of alkyl halides is 3. The van der Waals surface area contributed by atoms with Crippen molar-refractivity contribution in [2.75, 3.05) is 0 Å². The van der Waals surface area contributed by atoms with Gasteiger partial charge in [0.25, 0.3) is 0 Å². The molecule has 1 amide bonds. The Morgan fingerprint density at radius 2 is 1.71 bits per heavy atom. The maximum Gasteiger partial charge on any atom is 0.516 e. The summed E-state index contributed by atoms with van der Waals surface area (Å²) in [4.78, 5) is 24.5. The molecule has 0 radical (unpaired) electrons. The Hall–Kier alpha value is 0.0900. The second kappa shape index (κ2) is 9.49. The molecule has 156 valence electrons. The third-order valence-corrected chi connectivity index (χ3v) is 9.09. The van der Waals surface area contributed by atoms with Crippen LogP contribution >= 0.6 is 67.8 Å². The first-order valence-corrected chi connectivity index (χ1v) is 12.5. The quantitative estimate of drug-likeness (QED) is 0.283. The Kier molecular flexibility index (Phi) is 8.25. The number of sulfonamides is 1. The van der Waals surface area contributed by atoms with Crippen LogP contribution in [-0.2, 0) is 19.6 Å². The van der Waals surface area contributed by atoms with Crippen molar-refractivity contribution in [2.45, 2.75) is 37.3 Å². The summed E-state index contributed by atoms with van der Waals surface area (Å²) in [6.45, 7) is 0. The molecule has 1 aromatic carbocycles. The maximum atomic E-state index is 12.6. The van der Waals surface area contributed by atoms with Gasteiger partial charge >= 0.3 is 21.5 Å². The molecule has 1 aliphatic carbocycles. The zero-order valence-corrected chi connectivity index (χ0v) is 21.1. The molecule has 2 rings (SSSR count). The lowest BCUT2D eigenvalue weighted by molar-refractivity contribution is -0.126. The van der Waals surface area contributed by atoms with Crippen LogP contribution in [0.1, 0.15) is 36.0 Å². The molecule has 6 nitrogen and oxygen atoms in total. The van der Waals surface area contributed by atoms with Gasteiger partial charge in [0.05, 0.1) is 5.56 Å². The molecule has 1 fully saturated rings. The second-order valence-electron chi connectivity index (χ2n) is 6.02. The molecule has 1 N–H and O–H groups in total. The number of ether oxygens (including phenoxy) is 1. The first kappa shape index (κ1) is 24.4. The van der Waals surface area contributed by atoms with Gasteiger partial charge in [-0.05, 0) is 106 Å². The van der Waals surface area contributed by atoms with E-state index < -0.39 is 39.4 Å². The predicted molar refractivity (Wildman–Crippen MR) is 119 cm³/mol. The maximum absolute atomic E-state index is 12.6. The Morgan fingerprint density at radius 3 is 2.32 bits per heavy atom. The van der Waals surface area contributed by atoms with Crippen molar-refractivity contribution in [1.29, 1.82) is 0 Å². The summed E-state index contributed by atoms with van der Waals surface area (Å²) in [7, 11) is -5.76. The van der Waals surface area contributed by atoms with E-state index in [1.54, 1.807) is 6.07 Å². The zero-order valence-electron chi connectivity index (χ0n) is 13.9. The smallest absolute Gasteiger partial charge is 0.459 e. The third kappa shape index (κ3) is 5.83. The highest BCUT2D eigenvalue weighted by molar-refractivity contribution is 14.1. The second-order valence-corrected chi connectivity index (χ2v) is 11.1. The van der Waals surface area contributed by atoms with Crippen LogP contribution in [0.25, 0.3) is 0 Å². The fourth-order valence-electron chi connectivity index (χ4n) is 2.69. The molecule has 1 aromatic rings. The number of benzene rings is 1. The van der Waals surface area contributed by atoms with E-state index in [0.717, 1.165) is 11.9 Å². The molecule has 0 bridgehead atoms. The molecule has 2 unspecified atom stereocenters. The minimum atomic E-state index is -5.76. The Balaban J connectivity index is 2.07. The van der Waals surface area contributed by atoms with Crippen LogP contribution < -0.4 is 4.72 Å². The molecule has 0 spiro atoms.